The van der Waals surface area contributed by atoms with E-state index in [9.17, 15) is 4.79 Å². The predicted octanol–water partition coefficient (Wildman–Crippen LogP) is 4.42. The third-order valence-electron chi connectivity index (χ3n) is 3.95. The van der Waals surface area contributed by atoms with E-state index in [2.05, 4.69) is 41.6 Å². The van der Waals surface area contributed by atoms with Crippen molar-refractivity contribution in [2.45, 2.75) is 26.9 Å². The topological polar surface area (TPSA) is 44.4 Å². The summed E-state index contributed by atoms with van der Waals surface area (Å²) < 4.78 is 0. The molecule has 0 fully saturated rings. The minimum atomic E-state index is -0.239. The Morgan fingerprint density at radius 1 is 1.17 bits per heavy atom. The van der Waals surface area contributed by atoms with Gasteiger partial charge in [0, 0.05) is 23.8 Å². The minimum Gasteiger partial charge on any atom is -0.334 e. The number of carbonyl (C=O) groups excluding carboxylic acids is 1. The van der Waals surface area contributed by atoms with E-state index in [4.69, 9.17) is 11.6 Å². The van der Waals surface area contributed by atoms with Crippen molar-refractivity contribution in [1.29, 1.82) is 0 Å². The Balaban J connectivity index is 1.92. The molecule has 0 aliphatic rings. The van der Waals surface area contributed by atoms with Gasteiger partial charge < -0.3 is 15.5 Å². The fourth-order valence-corrected chi connectivity index (χ4v) is 2.53. The Morgan fingerprint density at radius 3 is 2.62 bits per heavy atom. The fourth-order valence-electron chi connectivity index (χ4n) is 2.35. The van der Waals surface area contributed by atoms with Crippen LogP contribution in [0, 0.1) is 6.92 Å². The normalized spacial score (nSPS) is 10.7. The largest absolute Gasteiger partial charge is 0.334 e. The maximum atomic E-state index is 12.1. The number of hydrogen-bond acceptors (Lipinski definition) is 2. The summed E-state index contributed by atoms with van der Waals surface area (Å²) in [6.07, 6.45) is 0. The van der Waals surface area contributed by atoms with Crippen LogP contribution in [-0.2, 0) is 13.1 Å². The molecule has 2 aromatic carbocycles. The number of benzene rings is 2. The molecular formula is C19H24ClN3O. The number of anilines is 1. The Morgan fingerprint density at radius 2 is 1.88 bits per heavy atom. The van der Waals surface area contributed by atoms with Gasteiger partial charge in [-0.15, -0.1) is 0 Å². The van der Waals surface area contributed by atoms with E-state index >= 15 is 0 Å². The quantitative estimate of drug-likeness (QED) is 0.813. The monoisotopic (exact) mass is 345 g/mol. The Hall–Kier alpha value is -2.04. The third-order valence-corrected chi connectivity index (χ3v) is 4.36. The number of nitrogens with zero attached hydrogens (tertiary/aromatic N) is 1. The predicted molar refractivity (Wildman–Crippen MR) is 100 cm³/mol. The van der Waals surface area contributed by atoms with Gasteiger partial charge in [-0.05, 0) is 49.3 Å². The van der Waals surface area contributed by atoms with Gasteiger partial charge >= 0.3 is 6.03 Å². The number of hydrogen-bond donors (Lipinski definition) is 2. The maximum Gasteiger partial charge on any atom is 0.319 e. The molecule has 5 heteroatoms. The van der Waals surface area contributed by atoms with Crippen molar-refractivity contribution in [3.8, 4) is 0 Å². The van der Waals surface area contributed by atoms with Crippen LogP contribution in [-0.4, -0.2) is 24.5 Å². The molecule has 4 nitrogen and oxygen atoms in total. The Kier molecular flexibility index (Phi) is 6.64. The smallest absolute Gasteiger partial charge is 0.319 e. The fraction of sp³-hybridized carbons (Fsp3) is 0.316. The maximum absolute atomic E-state index is 12.1. The molecule has 2 N–H and O–H groups in total. The van der Waals surface area contributed by atoms with Crippen molar-refractivity contribution in [1.82, 2.24) is 10.2 Å². The minimum absolute atomic E-state index is 0.239. The Labute approximate surface area is 148 Å². The molecule has 0 aliphatic heterocycles. The van der Waals surface area contributed by atoms with Crippen LogP contribution in [0.4, 0.5) is 10.5 Å². The molecule has 2 aromatic rings. The molecule has 0 atom stereocenters. The van der Waals surface area contributed by atoms with E-state index < -0.39 is 0 Å². The number of halogens is 1. The van der Waals surface area contributed by atoms with Gasteiger partial charge in [0.15, 0.2) is 0 Å². The highest BCUT2D eigenvalue weighted by molar-refractivity contribution is 6.31. The first kappa shape index (κ1) is 18.3. The van der Waals surface area contributed by atoms with Crippen LogP contribution in [0.25, 0.3) is 0 Å². The van der Waals surface area contributed by atoms with Gasteiger partial charge in [0.2, 0.25) is 0 Å². The molecule has 0 aromatic heterocycles. The molecule has 0 saturated heterocycles. The standard InChI is InChI=1S/C19H24ClN3O/c1-4-23(3)13-16-8-5-7-15(11-16)12-21-19(24)22-18-10-6-9-17(20)14(18)2/h5-11H,4,12-13H2,1-3H3,(H2,21,22,24). The lowest BCUT2D eigenvalue weighted by molar-refractivity contribution is 0.251. The van der Waals surface area contributed by atoms with Crippen molar-refractivity contribution in [2.75, 3.05) is 18.9 Å². The number of rotatable bonds is 6. The molecule has 0 bridgehead atoms. The summed E-state index contributed by atoms with van der Waals surface area (Å²) in [4.78, 5) is 14.3. The molecule has 0 spiro atoms. The zero-order valence-corrected chi connectivity index (χ0v) is 15.2. The number of amides is 2. The summed E-state index contributed by atoms with van der Waals surface area (Å²) in [5, 5.41) is 6.36. The van der Waals surface area contributed by atoms with Crippen molar-refractivity contribution >= 4 is 23.3 Å². The molecule has 0 aliphatic carbocycles. The second-order valence-corrected chi connectivity index (χ2v) is 6.28. The van der Waals surface area contributed by atoms with Gasteiger partial charge in [-0.2, -0.15) is 0 Å². The van der Waals surface area contributed by atoms with Crippen LogP contribution in [0.3, 0.4) is 0 Å². The van der Waals surface area contributed by atoms with Crippen molar-refractivity contribution < 1.29 is 4.79 Å². The second-order valence-electron chi connectivity index (χ2n) is 5.87. The van der Waals surface area contributed by atoms with Crippen molar-refractivity contribution in [2.24, 2.45) is 0 Å². The van der Waals surface area contributed by atoms with Gasteiger partial charge in [0.1, 0.15) is 0 Å². The van der Waals surface area contributed by atoms with E-state index in [0.29, 0.717) is 11.6 Å². The van der Waals surface area contributed by atoms with Gasteiger partial charge in [-0.1, -0.05) is 48.9 Å². The zero-order valence-electron chi connectivity index (χ0n) is 14.4. The average molecular weight is 346 g/mol. The first-order valence-corrected chi connectivity index (χ1v) is 8.43. The Bertz CT molecular complexity index is 703. The SMILES string of the molecule is CCN(C)Cc1cccc(CNC(=O)Nc2cccc(Cl)c2C)c1. The first-order chi connectivity index (χ1) is 11.5. The third kappa shape index (κ3) is 5.25. The lowest BCUT2D eigenvalue weighted by Crippen LogP contribution is -2.28. The second kappa shape index (κ2) is 8.71. The number of carbonyl (C=O) groups is 1. The summed E-state index contributed by atoms with van der Waals surface area (Å²) in [5.74, 6) is 0. The van der Waals surface area contributed by atoms with E-state index in [1.54, 1.807) is 6.07 Å². The van der Waals surface area contributed by atoms with Gasteiger partial charge in [-0.25, -0.2) is 4.79 Å². The molecule has 0 unspecified atom stereocenters. The van der Waals surface area contributed by atoms with E-state index in [-0.39, 0.29) is 6.03 Å². The molecule has 0 saturated carbocycles. The summed E-state index contributed by atoms with van der Waals surface area (Å²) in [5.41, 5.74) is 3.90. The van der Waals surface area contributed by atoms with Crippen LogP contribution >= 0.6 is 11.6 Å². The molecule has 0 radical (unpaired) electrons. The van der Waals surface area contributed by atoms with Crippen molar-refractivity contribution in [3.63, 3.8) is 0 Å². The highest BCUT2D eigenvalue weighted by Gasteiger charge is 2.07. The summed E-state index contributed by atoms with van der Waals surface area (Å²) in [6.45, 7) is 6.40. The molecule has 0 heterocycles. The summed E-state index contributed by atoms with van der Waals surface area (Å²) >= 11 is 6.07. The van der Waals surface area contributed by atoms with Gasteiger partial charge in [0.05, 0.1) is 0 Å². The lowest BCUT2D eigenvalue weighted by atomic mass is 10.1. The van der Waals surface area contributed by atoms with Crippen LogP contribution in [0.1, 0.15) is 23.6 Å². The van der Waals surface area contributed by atoms with Gasteiger partial charge in [-0.3, -0.25) is 0 Å². The number of urea groups is 1. The highest BCUT2D eigenvalue weighted by atomic mass is 35.5. The van der Waals surface area contributed by atoms with Crippen LogP contribution in [0.5, 0.6) is 0 Å². The molecular weight excluding hydrogens is 322 g/mol. The molecule has 2 amide bonds. The molecule has 128 valence electrons. The summed E-state index contributed by atoms with van der Waals surface area (Å²) in [6, 6.07) is 13.5. The van der Waals surface area contributed by atoms with Crippen LogP contribution < -0.4 is 10.6 Å². The van der Waals surface area contributed by atoms with Crippen LogP contribution in [0.15, 0.2) is 42.5 Å². The van der Waals surface area contributed by atoms with Gasteiger partial charge in [0.25, 0.3) is 0 Å². The van der Waals surface area contributed by atoms with Crippen molar-refractivity contribution in [3.05, 3.63) is 64.2 Å². The highest BCUT2D eigenvalue weighted by Crippen LogP contribution is 2.22. The van der Waals surface area contributed by atoms with Crippen LogP contribution in [0.2, 0.25) is 5.02 Å². The van der Waals surface area contributed by atoms with E-state index in [1.807, 2.05) is 31.2 Å². The average Bonchev–Trinajstić information content (AvgIpc) is 2.57. The zero-order chi connectivity index (χ0) is 17.5. The first-order valence-electron chi connectivity index (χ1n) is 8.06. The van der Waals surface area contributed by atoms with E-state index in [1.165, 1.54) is 5.56 Å². The van der Waals surface area contributed by atoms with E-state index in [0.717, 1.165) is 29.9 Å². The lowest BCUT2D eigenvalue weighted by Gasteiger charge is -2.15. The summed E-state index contributed by atoms with van der Waals surface area (Å²) in [7, 11) is 2.09. The molecule has 2 rings (SSSR count). The number of nitrogens with one attached hydrogen (secondary N) is 2. The molecule has 24 heavy (non-hydrogen) atoms.